The maximum Gasteiger partial charge on any atom is 0.119 e. The van der Waals surface area contributed by atoms with Crippen molar-refractivity contribution in [2.24, 2.45) is 0 Å². The van der Waals surface area contributed by atoms with Gasteiger partial charge in [0.15, 0.2) is 0 Å². The van der Waals surface area contributed by atoms with Crippen molar-refractivity contribution < 1.29 is 19.7 Å². The third-order valence-electron chi connectivity index (χ3n) is 5.52. The lowest BCUT2D eigenvalue weighted by atomic mass is 9.76. The number of aliphatic hydroxyl groups is 2. The van der Waals surface area contributed by atoms with Crippen molar-refractivity contribution in [1.82, 2.24) is 0 Å². The van der Waals surface area contributed by atoms with E-state index in [0.29, 0.717) is 26.1 Å². The average Bonchev–Trinajstić information content (AvgIpc) is 2.70. The molecule has 4 heteroatoms. The molecule has 6 bridgehead atoms. The van der Waals surface area contributed by atoms with Crippen LogP contribution in [-0.2, 0) is 11.2 Å². The Hall–Kier alpha value is -2.30. The highest BCUT2D eigenvalue weighted by molar-refractivity contribution is 5.40. The van der Waals surface area contributed by atoms with Crippen LogP contribution < -0.4 is 9.47 Å². The molecule has 0 saturated carbocycles. The maximum absolute atomic E-state index is 11.2. The van der Waals surface area contributed by atoms with Crippen LogP contribution in [0.15, 0.2) is 60.7 Å². The molecule has 0 radical (unpaired) electrons. The summed E-state index contributed by atoms with van der Waals surface area (Å²) >= 11 is 0. The molecule has 0 saturated heterocycles. The van der Waals surface area contributed by atoms with Crippen LogP contribution in [-0.4, -0.2) is 23.4 Å². The summed E-state index contributed by atoms with van der Waals surface area (Å²) in [7, 11) is 0. The van der Waals surface area contributed by atoms with E-state index < -0.39 is 11.2 Å². The minimum absolute atomic E-state index is 0.425. The summed E-state index contributed by atoms with van der Waals surface area (Å²) in [6, 6.07) is 15.3. The molecule has 0 fully saturated rings. The highest BCUT2D eigenvalue weighted by Gasteiger charge is 2.38. The molecule has 2 N–H and O–H groups in total. The summed E-state index contributed by atoms with van der Waals surface area (Å²) < 4.78 is 11.7. The van der Waals surface area contributed by atoms with Gasteiger partial charge in [-0.15, -0.1) is 0 Å². The van der Waals surface area contributed by atoms with E-state index >= 15 is 0 Å². The maximum atomic E-state index is 11.2. The smallest absolute Gasteiger partial charge is 0.119 e. The molecule has 0 amide bonds. The summed E-state index contributed by atoms with van der Waals surface area (Å²) in [5, 5.41) is 22.3. The molecule has 0 aromatic heterocycles. The third kappa shape index (κ3) is 3.87. The van der Waals surface area contributed by atoms with Crippen molar-refractivity contribution in [3.63, 3.8) is 0 Å². The predicted molar refractivity (Wildman–Crippen MR) is 104 cm³/mol. The Morgan fingerprint density at radius 3 is 1.59 bits per heavy atom. The fraction of sp³-hybridized carbons (Fsp3) is 0.391. The molecule has 2 unspecified atom stereocenters. The monoisotopic (exact) mass is 366 g/mol. The van der Waals surface area contributed by atoms with Crippen molar-refractivity contribution in [3.05, 3.63) is 71.8 Å². The lowest BCUT2D eigenvalue weighted by Gasteiger charge is -2.36. The van der Waals surface area contributed by atoms with Gasteiger partial charge in [-0.05, 0) is 79.6 Å². The Kier molecular flexibility index (Phi) is 4.94. The quantitative estimate of drug-likeness (QED) is 0.691. The molecule has 4 nitrogen and oxygen atoms in total. The van der Waals surface area contributed by atoms with E-state index in [0.717, 1.165) is 41.9 Å². The van der Waals surface area contributed by atoms with Gasteiger partial charge in [0.2, 0.25) is 0 Å². The highest BCUT2D eigenvalue weighted by Crippen LogP contribution is 2.42. The summed E-state index contributed by atoms with van der Waals surface area (Å²) in [5.74, 6) is 1.53. The van der Waals surface area contributed by atoms with Crippen LogP contribution in [0.4, 0.5) is 0 Å². The van der Waals surface area contributed by atoms with E-state index in [2.05, 4.69) is 0 Å². The number of benzene rings is 2. The van der Waals surface area contributed by atoms with Gasteiger partial charge in [-0.3, -0.25) is 0 Å². The van der Waals surface area contributed by atoms with Gasteiger partial charge in [-0.1, -0.05) is 24.3 Å². The predicted octanol–water partition coefficient (Wildman–Crippen LogP) is 4.05. The second kappa shape index (κ2) is 7.37. The van der Waals surface area contributed by atoms with Gasteiger partial charge in [0.05, 0.1) is 13.2 Å². The number of fused-ring (bicyclic) bond motifs is 7. The fourth-order valence-corrected chi connectivity index (χ4v) is 3.78. The molecule has 0 spiro atoms. The Labute approximate surface area is 160 Å². The lowest BCUT2D eigenvalue weighted by molar-refractivity contribution is 0.00565. The molecule has 3 aliphatic rings. The Morgan fingerprint density at radius 2 is 1.15 bits per heavy atom. The van der Waals surface area contributed by atoms with Crippen molar-refractivity contribution >= 4 is 0 Å². The van der Waals surface area contributed by atoms with Crippen LogP contribution in [0.2, 0.25) is 0 Å². The van der Waals surface area contributed by atoms with Crippen LogP contribution in [0.5, 0.6) is 11.5 Å². The lowest BCUT2D eigenvalue weighted by Crippen LogP contribution is -2.35. The van der Waals surface area contributed by atoms with Crippen LogP contribution >= 0.6 is 0 Å². The zero-order valence-corrected chi connectivity index (χ0v) is 15.4. The topological polar surface area (TPSA) is 58.9 Å². The van der Waals surface area contributed by atoms with Crippen molar-refractivity contribution in [2.75, 3.05) is 13.2 Å². The first kappa shape index (κ1) is 18.1. The minimum atomic E-state index is -1.10. The molecule has 2 atom stereocenters. The standard InChI is InChI=1S/C23H26O4/c24-22-10-12-23(25,13-11-22)19-7-5-9-21(17-19)27-15-3-1-2-14-26-20-8-4-6-18(22)16-20/h4-10,12,16-17,24-25H,1-3,11,13-15H2. The molecular formula is C23H26O4. The van der Waals surface area contributed by atoms with Crippen molar-refractivity contribution in [2.45, 2.75) is 43.3 Å². The van der Waals surface area contributed by atoms with Crippen LogP contribution in [0.1, 0.15) is 43.2 Å². The van der Waals surface area contributed by atoms with E-state index in [1.165, 1.54) is 0 Å². The van der Waals surface area contributed by atoms with Gasteiger partial charge in [0.25, 0.3) is 0 Å². The molecule has 2 aliphatic heterocycles. The SMILES string of the molecule is OC12C=CC(O)(CC1)c1cccc(c1)OCCCCCOc1cccc2c1. The van der Waals surface area contributed by atoms with Crippen LogP contribution in [0, 0.1) is 0 Å². The Balaban J connectivity index is 1.70. The molecule has 2 heterocycles. The first-order valence-corrected chi connectivity index (χ1v) is 9.69. The van der Waals surface area contributed by atoms with E-state index in [1.807, 2.05) is 48.5 Å². The van der Waals surface area contributed by atoms with Gasteiger partial charge >= 0.3 is 0 Å². The largest absolute Gasteiger partial charge is 0.494 e. The number of rotatable bonds is 0. The number of hydrogen-bond acceptors (Lipinski definition) is 4. The molecule has 27 heavy (non-hydrogen) atoms. The summed E-state index contributed by atoms with van der Waals surface area (Å²) in [5.41, 5.74) is -0.624. The van der Waals surface area contributed by atoms with E-state index in [4.69, 9.17) is 9.47 Å². The second-order valence-electron chi connectivity index (χ2n) is 7.50. The number of ether oxygens (including phenoxy) is 2. The minimum Gasteiger partial charge on any atom is -0.494 e. The molecular weight excluding hydrogens is 340 g/mol. The number of hydrogen-bond donors (Lipinski definition) is 2. The average molecular weight is 366 g/mol. The molecule has 5 rings (SSSR count). The molecule has 1 aliphatic carbocycles. The molecule has 2 aromatic rings. The first-order valence-electron chi connectivity index (χ1n) is 9.69. The Bertz CT molecular complexity index is 763. The zero-order valence-electron chi connectivity index (χ0n) is 15.4. The Morgan fingerprint density at radius 1 is 0.667 bits per heavy atom. The first-order chi connectivity index (χ1) is 13.1. The highest BCUT2D eigenvalue weighted by atomic mass is 16.5. The van der Waals surface area contributed by atoms with Crippen molar-refractivity contribution in [3.8, 4) is 11.5 Å². The van der Waals surface area contributed by atoms with Gasteiger partial charge in [0.1, 0.15) is 22.7 Å². The van der Waals surface area contributed by atoms with Gasteiger partial charge in [0, 0.05) is 0 Å². The van der Waals surface area contributed by atoms with Crippen LogP contribution in [0.3, 0.4) is 0 Å². The second-order valence-corrected chi connectivity index (χ2v) is 7.50. The van der Waals surface area contributed by atoms with Crippen molar-refractivity contribution in [1.29, 1.82) is 0 Å². The summed E-state index contributed by atoms with van der Waals surface area (Å²) in [6.45, 7) is 1.29. The summed E-state index contributed by atoms with van der Waals surface area (Å²) in [4.78, 5) is 0. The summed E-state index contributed by atoms with van der Waals surface area (Å²) in [6.07, 6.45) is 7.20. The zero-order chi connectivity index (χ0) is 18.7. The molecule has 2 aromatic carbocycles. The van der Waals surface area contributed by atoms with Gasteiger partial charge in [-0.25, -0.2) is 0 Å². The molecule has 142 valence electrons. The normalized spacial score (nSPS) is 28.1. The third-order valence-corrected chi connectivity index (χ3v) is 5.52. The van der Waals surface area contributed by atoms with E-state index in [1.54, 1.807) is 12.2 Å². The van der Waals surface area contributed by atoms with Gasteiger partial charge < -0.3 is 19.7 Å². The van der Waals surface area contributed by atoms with E-state index in [-0.39, 0.29) is 0 Å². The van der Waals surface area contributed by atoms with Gasteiger partial charge in [-0.2, -0.15) is 0 Å². The van der Waals surface area contributed by atoms with E-state index in [9.17, 15) is 10.2 Å². The van der Waals surface area contributed by atoms with Crippen LogP contribution in [0.25, 0.3) is 0 Å². The fourth-order valence-electron chi connectivity index (χ4n) is 3.78.